The van der Waals surface area contributed by atoms with E-state index in [4.69, 9.17) is 0 Å². The van der Waals surface area contributed by atoms with Crippen molar-refractivity contribution in [2.24, 2.45) is 0 Å². The van der Waals surface area contributed by atoms with Crippen molar-refractivity contribution in [3.05, 3.63) is 60.4 Å². The number of nitrogens with zero attached hydrogens (tertiary/aromatic N) is 6. The van der Waals surface area contributed by atoms with Gasteiger partial charge in [0.15, 0.2) is 0 Å². The van der Waals surface area contributed by atoms with Gasteiger partial charge < -0.3 is 10.2 Å². The van der Waals surface area contributed by atoms with Crippen molar-refractivity contribution in [2.75, 3.05) is 23.3 Å². The summed E-state index contributed by atoms with van der Waals surface area (Å²) in [7, 11) is 0. The number of pyridine rings is 1. The Morgan fingerprint density at radius 2 is 1.85 bits per heavy atom. The quantitative estimate of drug-likeness (QED) is 0.777. The van der Waals surface area contributed by atoms with Crippen molar-refractivity contribution in [3.8, 4) is 0 Å². The molecule has 0 aromatic carbocycles. The van der Waals surface area contributed by atoms with Crippen molar-refractivity contribution < 1.29 is 0 Å². The molecule has 0 radical (unpaired) electrons. The molecule has 1 saturated heterocycles. The Labute approximate surface area is 152 Å². The fourth-order valence-corrected chi connectivity index (χ4v) is 3.29. The minimum Gasteiger partial charge on any atom is -0.340 e. The Bertz CT molecular complexity index is 854. The molecule has 4 heterocycles. The minimum absolute atomic E-state index is 0.332. The Morgan fingerprint density at radius 1 is 1.00 bits per heavy atom. The van der Waals surface area contributed by atoms with Gasteiger partial charge in [-0.2, -0.15) is 0 Å². The van der Waals surface area contributed by atoms with E-state index in [2.05, 4.69) is 35.1 Å². The highest BCUT2D eigenvalue weighted by atomic mass is 15.3. The molecule has 3 aromatic heterocycles. The molecule has 0 spiro atoms. The van der Waals surface area contributed by atoms with Crippen molar-refractivity contribution in [1.29, 1.82) is 0 Å². The van der Waals surface area contributed by atoms with Crippen LogP contribution in [0.15, 0.2) is 48.9 Å². The highest BCUT2D eigenvalue weighted by molar-refractivity contribution is 5.52. The van der Waals surface area contributed by atoms with Crippen LogP contribution in [0.5, 0.6) is 0 Å². The smallest absolute Gasteiger partial charge is 0.225 e. The number of aryl methyl sites for hydroxylation is 1. The summed E-state index contributed by atoms with van der Waals surface area (Å²) in [6.45, 7) is 3.76. The molecule has 4 rings (SSSR count). The van der Waals surface area contributed by atoms with Gasteiger partial charge >= 0.3 is 0 Å². The minimum atomic E-state index is 0.332. The summed E-state index contributed by atoms with van der Waals surface area (Å²) in [5.74, 6) is 3.43. The molecular weight excluding hydrogens is 326 g/mol. The molecule has 7 heteroatoms. The summed E-state index contributed by atoms with van der Waals surface area (Å²) in [5, 5.41) is 3.27. The normalized spacial score (nSPS) is 17.1. The zero-order valence-corrected chi connectivity index (χ0v) is 14.7. The Morgan fingerprint density at radius 3 is 2.65 bits per heavy atom. The highest BCUT2D eigenvalue weighted by Gasteiger charge is 2.24. The predicted molar refractivity (Wildman–Crippen MR) is 101 cm³/mol. The number of hydrogen-bond acceptors (Lipinski definition) is 7. The second-order valence-corrected chi connectivity index (χ2v) is 6.40. The molecule has 1 atom stereocenters. The van der Waals surface area contributed by atoms with Crippen molar-refractivity contribution in [3.63, 3.8) is 0 Å². The molecule has 3 aromatic rings. The number of rotatable bonds is 4. The summed E-state index contributed by atoms with van der Waals surface area (Å²) < 4.78 is 0. The zero-order chi connectivity index (χ0) is 17.8. The zero-order valence-electron chi connectivity index (χ0n) is 14.7. The van der Waals surface area contributed by atoms with E-state index < -0.39 is 0 Å². The first-order valence-electron chi connectivity index (χ1n) is 8.83. The molecule has 0 amide bonds. The van der Waals surface area contributed by atoms with E-state index in [-0.39, 0.29) is 0 Å². The first kappa shape index (κ1) is 16.4. The molecule has 1 aliphatic heterocycles. The SMILES string of the molecule is Cc1nc(Nc2ccccn2)cc([C@@H]2CCCN(c3ncccn3)C2)n1. The number of nitrogens with one attached hydrogen (secondary N) is 1. The molecule has 0 aliphatic carbocycles. The van der Waals surface area contributed by atoms with Gasteiger partial charge in [-0.25, -0.2) is 24.9 Å². The van der Waals surface area contributed by atoms with Crippen molar-refractivity contribution in [2.45, 2.75) is 25.7 Å². The fraction of sp³-hybridized carbons (Fsp3) is 0.316. The van der Waals surface area contributed by atoms with Crippen LogP contribution in [0, 0.1) is 6.92 Å². The number of anilines is 3. The monoisotopic (exact) mass is 347 g/mol. The highest BCUT2D eigenvalue weighted by Crippen LogP contribution is 2.28. The van der Waals surface area contributed by atoms with Crippen molar-refractivity contribution >= 4 is 17.6 Å². The summed E-state index contributed by atoms with van der Waals surface area (Å²) in [6, 6.07) is 9.63. The van der Waals surface area contributed by atoms with Crippen LogP contribution in [-0.4, -0.2) is 38.0 Å². The van der Waals surface area contributed by atoms with Crippen LogP contribution >= 0.6 is 0 Å². The molecule has 1 aliphatic rings. The Kier molecular flexibility index (Phi) is 4.68. The Balaban J connectivity index is 1.55. The average Bonchev–Trinajstić information content (AvgIpc) is 2.69. The maximum atomic E-state index is 4.69. The second kappa shape index (κ2) is 7.43. The number of aromatic nitrogens is 5. The van der Waals surface area contributed by atoms with Gasteiger partial charge in [-0.05, 0) is 38.0 Å². The third-order valence-electron chi connectivity index (χ3n) is 4.45. The molecule has 132 valence electrons. The molecule has 26 heavy (non-hydrogen) atoms. The van der Waals surface area contributed by atoms with E-state index in [0.29, 0.717) is 5.92 Å². The average molecular weight is 347 g/mol. The van der Waals surface area contributed by atoms with Gasteiger partial charge in [0.25, 0.3) is 0 Å². The third kappa shape index (κ3) is 3.77. The summed E-state index contributed by atoms with van der Waals surface area (Å²) in [4.78, 5) is 24.5. The summed E-state index contributed by atoms with van der Waals surface area (Å²) in [5.41, 5.74) is 1.05. The van der Waals surface area contributed by atoms with E-state index in [1.807, 2.05) is 37.3 Å². The summed E-state index contributed by atoms with van der Waals surface area (Å²) >= 11 is 0. The molecular formula is C19H21N7. The van der Waals surface area contributed by atoms with E-state index in [1.165, 1.54) is 0 Å². The molecule has 0 unspecified atom stereocenters. The van der Waals surface area contributed by atoms with E-state index in [9.17, 15) is 0 Å². The lowest BCUT2D eigenvalue weighted by Gasteiger charge is -2.32. The second-order valence-electron chi connectivity index (χ2n) is 6.40. The van der Waals surface area contributed by atoms with E-state index in [0.717, 1.165) is 55.0 Å². The molecule has 7 nitrogen and oxygen atoms in total. The van der Waals surface area contributed by atoms with Crippen molar-refractivity contribution in [1.82, 2.24) is 24.9 Å². The number of piperidine rings is 1. The van der Waals surface area contributed by atoms with Crippen LogP contribution in [0.2, 0.25) is 0 Å². The summed E-state index contributed by atoms with van der Waals surface area (Å²) in [6.07, 6.45) is 7.53. The van der Waals surface area contributed by atoms with Crippen LogP contribution in [0.1, 0.15) is 30.3 Å². The van der Waals surface area contributed by atoms with E-state index >= 15 is 0 Å². The first-order valence-corrected chi connectivity index (χ1v) is 8.83. The standard InChI is InChI=1S/C19H21N7/c1-14-23-16(12-18(24-14)25-17-7-2-3-8-20-17)15-6-4-11-26(13-15)19-21-9-5-10-22-19/h2-3,5,7-10,12,15H,4,6,11,13H2,1H3,(H,20,23,24,25)/t15-/m1/s1. The molecule has 1 fully saturated rings. The fourth-order valence-electron chi connectivity index (χ4n) is 3.29. The van der Waals surface area contributed by atoms with Crippen LogP contribution in [0.4, 0.5) is 17.6 Å². The molecule has 1 N–H and O–H groups in total. The topological polar surface area (TPSA) is 79.7 Å². The maximum Gasteiger partial charge on any atom is 0.225 e. The van der Waals surface area contributed by atoms with Gasteiger partial charge in [0, 0.05) is 43.7 Å². The van der Waals surface area contributed by atoms with Gasteiger partial charge in [0.05, 0.1) is 5.69 Å². The third-order valence-corrected chi connectivity index (χ3v) is 4.45. The van der Waals surface area contributed by atoms with Crippen LogP contribution < -0.4 is 10.2 Å². The number of hydrogen-bond donors (Lipinski definition) is 1. The van der Waals surface area contributed by atoms with Gasteiger partial charge in [-0.1, -0.05) is 6.07 Å². The maximum absolute atomic E-state index is 4.69. The van der Waals surface area contributed by atoms with Crippen LogP contribution in [-0.2, 0) is 0 Å². The lowest BCUT2D eigenvalue weighted by molar-refractivity contribution is 0.494. The Hall–Kier alpha value is -3.09. The lowest BCUT2D eigenvalue weighted by Crippen LogP contribution is -2.35. The van der Waals surface area contributed by atoms with Gasteiger partial charge in [0.2, 0.25) is 5.95 Å². The van der Waals surface area contributed by atoms with Crippen LogP contribution in [0.25, 0.3) is 0 Å². The predicted octanol–water partition coefficient (Wildman–Crippen LogP) is 3.10. The van der Waals surface area contributed by atoms with Gasteiger partial charge in [0.1, 0.15) is 17.5 Å². The van der Waals surface area contributed by atoms with Gasteiger partial charge in [-0.15, -0.1) is 0 Å². The molecule has 0 saturated carbocycles. The largest absolute Gasteiger partial charge is 0.340 e. The lowest BCUT2D eigenvalue weighted by atomic mass is 9.94. The van der Waals surface area contributed by atoms with Crippen LogP contribution in [0.3, 0.4) is 0 Å². The van der Waals surface area contributed by atoms with E-state index in [1.54, 1.807) is 18.6 Å². The molecule has 0 bridgehead atoms. The van der Waals surface area contributed by atoms with Gasteiger partial charge in [-0.3, -0.25) is 0 Å². The first-order chi connectivity index (χ1) is 12.8.